The van der Waals surface area contributed by atoms with E-state index in [1.807, 2.05) is 29.2 Å². The number of rotatable bonds is 4. The Bertz CT molecular complexity index is 778. The predicted octanol–water partition coefficient (Wildman–Crippen LogP) is 2.48. The van der Waals surface area contributed by atoms with E-state index in [1.165, 1.54) is 0 Å². The number of likely N-dealkylation sites (tertiary alicyclic amines) is 1. The number of nitrogens with two attached hydrogens (primary N) is 1. The van der Waals surface area contributed by atoms with Crippen LogP contribution in [0.2, 0.25) is 0 Å². The molecular formula is C18H22N4O2S. The topological polar surface area (TPSA) is 85.2 Å². The first-order chi connectivity index (χ1) is 12.1. The molecule has 2 aromatic rings. The fraction of sp³-hybridized carbons (Fsp3) is 0.500. The number of nitrogens with zero attached hydrogens (tertiary/aromatic N) is 3. The van der Waals surface area contributed by atoms with Crippen LogP contribution in [0.4, 0.5) is 0 Å². The molecular weight excluding hydrogens is 336 g/mol. The van der Waals surface area contributed by atoms with Gasteiger partial charge in [-0.05, 0) is 43.7 Å². The third-order valence-corrected chi connectivity index (χ3v) is 6.30. The second-order valence-corrected chi connectivity index (χ2v) is 7.91. The van der Waals surface area contributed by atoms with Crippen LogP contribution in [0.3, 0.4) is 0 Å². The summed E-state index contributed by atoms with van der Waals surface area (Å²) >= 11 is 1.55. The van der Waals surface area contributed by atoms with Crippen molar-refractivity contribution in [1.82, 2.24) is 15.0 Å². The summed E-state index contributed by atoms with van der Waals surface area (Å²) in [6, 6.07) is 7.98. The molecule has 1 aromatic carbocycles. The highest BCUT2D eigenvalue weighted by Crippen LogP contribution is 2.38. The van der Waals surface area contributed by atoms with E-state index in [4.69, 9.17) is 10.3 Å². The van der Waals surface area contributed by atoms with Crippen LogP contribution in [0.1, 0.15) is 34.9 Å². The highest BCUT2D eigenvalue weighted by Gasteiger charge is 2.42. The number of aromatic nitrogens is 2. The van der Waals surface area contributed by atoms with E-state index in [1.54, 1.807) is 18.7 Å². The normalized spacial score (nSPS) is 25.4. The monoisotopic (exact) mass is 358 g/mol. The van der Waals surface area contributed by atoms with E-state index >= 15 is 0 Å². The molecule has 2 aliphatic rings. The van der Waals surface area contributed by atoms with E-state index < -0.39 is 0 Å². The smallest absolute Gasteiger partial charge is 0.255 e. The molecule has 132 valence electrons. The SMILES string of the molecule is Cc1noc(CSc2ccccc2C(=O)N2CC3CCC(N)C3C2)n1. The van der Waals surface area contributed by atoms with Gasteiger partial charge in [0.25, 0.3) is 5.91 Å². The molecule has 1 aliphatic carbocycles. The molecule has 0 spiro atoms. The van der Waals surface area contributed by atoms with Gasteiger partial charge in [-0.1, -0.05) is 17.3 Å². The lowest BCUT2D eigenvalue weighted by Gasteiger charge is -2.20. The van der Waals surface area contributed by atoms with Gasteiger partial charge in [-0.2, -0.15) is 4.98 Å². The summed E-state index contributed by atoms with van der Waals surface area (Å²) in [6.07, 6.45) is 2.23. The molecule has 2 fully saturated rings. The Morgan fingerprint density at radius 2 is 2.20 bits per heavy atom. The van der Waals surface area contributed by atoms with Crippen molar-refractivity contribution in [3.8, 4) is 0 Å². The zero-order valence-corrected chi connectivity index (χ0v) is 15.0. The van der Waals surface area contributed by atoms with Crippen LogP contribution in [0, 0.1) is 18.8 Å². The molecule has 1 amide bonds. The quantitative estimate of drug-likeness (QED) is 0.845. The summed E-state index contributed by atoms with van der Waals surface area (Å²) in [6.45, 7) is 3.41. The average molecular weight is 358 g/mol. The molecule has 3 atom stereocenters. The fourth-order valence-electron chi connectivity index (χ4n) is 3.95. The average Bonchev–Trinajstić information content (AvgIpc) is 3.31. The van der Waals surface area contributed by atoms with Gasteiger partial charge in [0.05, 0.1) is 11.3 Å². The molecule has 1 saturated heterocycles. The van der Waals surface area contributed by atoms with Gasteiger partial charge in [0.1, 0.15) is 0 Å². The third kappa shape index (κ3) is 3.30. The van der Waals surface area contributed by atoms with Crippen molar-refractivity contribution in [3.05, 3.63) is 41.5 Å². The van der Waals surface area contributed by atoms with Crippen LogP contribution in [-0.4, -0.2) is 40.1 Å². The first-order valence-corrected chi connectivity index (χ1v) is 9.66. The molecule has 0 bridgehead atoms. The number of aryl methyl sites for hydroxylation is 1. The molecule has 2 heterocycles. The van der Waals surface area contributed by atoms with Crippen LogP contribution in [0.25, 0.3) is 0 Å². The molecule has 1 aliphatic heterocycles. The Hall–Kier alpha value is -1.86. The van der Waals surface area contributed by atoms with Gasteiger partial charge in [0, 0.05) is 24.0 Å². The maximum atomic E-state index is 13.0. The summed E-state index contributed by atoms with van der Waals surface area (Å²) in [5.41, 5.74) is 6.95. The van der Waals surface area contributed by atoms with Crippen molar-refractivity contribution in [1.29, 1.82) is 0 Å². The minimum Gasteiger partial charge on any atom is -0.338 e. The summed E-state index contributed by atoms with van der Waals surface area (Å²) in [4.78, 5) is 20.2. The van der Waals surface area contributed by atoms with Gasteiger partial charge in [0.15, 0.2) is 5.82 Å². The van der Waals surface area contributed by atoms with Crippen molar-refractivity contribution in [3.63, 3.8) is 0 Å². The van der Waals surface area contributed by atoms with E-state index in [2.05, 4.69) is 10.1 Å². The van der Waals surface area contributed by atoms with E-state index in [-0.39, 0.29) is 11.9 Å². The number of carbonyl (C=O) groups excluding carboxylic acids is 1. The van der Waals surface area contributed by atoms with Gasteiger partial charge < -0.3 is 15.2 Å². The largest absolute Gasteiger partial charge is 0.338 e. The highest BCUT2D eigenvalue weighted by atomic mass is 32.2. The molecule has 1 aromatic heterocycles. The van der Waals surface area contributed by atoms with E-state index in [9.17, 15) is 4.79 Å². The van der Waals surface area contributed by atoms with Gasteiger partial charge in [-0.3, -0.25) is 4.79 Å². The Morgan fingerprint density at radius 3 is 2.96 bits per heavy atom. The zero-order valence-electron chi connectivity index (χ0n) is 14.2. The van der Waals surface area contributed by atoms with Gasteiger partial charge >= 0.3 is 0 Å². The van der Waals surface area contributed by atoms with Gasteiger partial charge in [-0.15, -0.1) is 11.8 Å². The number of carbonyl (C=O) groups is 1. The lowest BCUT2D eigenvalue weighted by Crippen LogP contribution is -2.33. The molecule has 6 nitrogen and oxygen atoms in total. The van der Waals surface area contributed by atoms with Crippen LogP contribution < -0.4 is 5.73 Å². The molecule has 7 heteroatoms. The lowest BCUT2D eigenvalue weighted by molar-refractivity contribution is 0.0776. The minimum absolute atomic E-state index is 0.103. The minimum atomic E-state index is 0.103. The second-order valence-electron chi connectivity index (χ2n) is 6.90. The predicted molar refractivity (Wildman–Crippen MR) is 95.1 cm³/mol. The van der Waals surface area contributed by atoms with E-state index in [0.29, 0.717) is 29.3 Å². The van der Waals surface area contributed by atoms with Crippen molar-refractivity contribution >= 4 is 17.7 Å². The molecule has 1 saturated carbocycles. The maximum absolute atomic E-state index is 13.0. The Kier molecular flexibility index (Phi) is 4.52. The number of hydrogen-bond donors (Lipinski definition) is 1. The number of benzene rings is 1. The van der Waals surface area contributed by atoms with Crippen molar-refractivity contribution in [2.45, 2.75) is 36.5 Å². The Balaban J connectivity index is 1.47. The first-order valence-electron chi connectivity index (χ1n) is 8.67. The lowest BCUT2D eigenvalue weighted by atomic mass is 9.98. The standard InChI is InChI=1S/C18H22N4O2S/c1-11-20-17(24-21-11)10-25-16-5-3-2-4-13(16)18(23)22-8-12-6-7-15(19)14(12)9-22/h2-5,12,14-15H,6-10,19H2,1H3. The summed E-state index contributed by atoms with van der Waals surface area (Å²) in [7, 11) is 0. The molecule has 25 heavy (non-hydrogen) atoms. The fourth-order valence-corrected chi connectivity index (χ4v) is 4.83. The molecule has 0 radical (unpaired) electrons. The maximum Gasteiger partial charge on any atom is 0.255 e. The second kappa shape index (κ2) is 6.80. The zero-order chi connectivity index (χ0) is 17.4. The number of fused-ring (bicyclic) bond motifs is 1. The number of amides is 1. The van der Waals surface area contributed by atoms with Gasteiger partial charge in [-0.25, -0.2) is 0 Å². The highest BCUT2D eigenvalue weighted by molar-refractivity contribution is 7.98. The van der Waals surface area contributed by atoms with Crippen LogP contribution >= 0.6 is 11.8 Å². The van der Waals surface area contributed by atoms with Crippen LogP contribution in [0.15, 0.2) is 33.7 Å². The number of hydrogen-bond acceptors (Lipinski definition) is 6. The molecule has 2 N–H and O–H groups in total. The van der Waals surface area contributed by atoms with Crippen molar-refractivity contribution < 1.29 is 9.32 Å². The summed E-state index contributed by atoms with van der Waals surface area (Å²) in [5, 5.41) is 3.80. The Morgan fingerprint density at radius 1 is 1.36 bits per heavy atom. The number of thioether (sulfide) groups is 1. The van der Waals surface area contributed by atoms with Crippen molar-refractivity contribution in [2.24, 2.45) is 17.6 Å². The Labute approximate surface area is 151 Å². The third-order valence-electron chi connectivity index (χ3n) is 5.24. The van der Waals surface area contributed by atoms with E-state index in [0.717, 1.165) is 36.4 Å². The molecule has 4 rings (SSSR count). The molecule has 3 unspecified atom stereocenters. The van der Waals surface area contributed by atoms with Crippen LogP contribution in [-0.2, 0) is 5.75 Å². The first kappa shape index (κ1) is 16.6. The summed E-state index contributed by atoms with van der Waals surface area (Å²) < 4.78 is 5.16. The van der Waals surface area contributed by atoms with Crippen LogP contribution in [0.5, 0.6) is 0 Å². The summed E-state index contributed by atoms with van der Waals surface area (Å²) in [5.74, 6) is 2.89. The van der Waals surface area contributed by atoms with Gasteiger partial charge in [0.2, 0.25) is 5.89 Å². The van der Waals surface area contributed by atoms with Crippen molar-refractivity contribution in [2.75, 3.05) is 13.1 Å².